The lowest BCUT2D eigenvalue weighted by atomic mass is 9.96. The lowest BCUT2D eigenvalue weighted by molar-refractivity contribution is -0.113. The van der Waals surface area contributed by atoms with Crippen molar-refractivity contribution < 1.29 is 9.59 Å². The first-order chi connectivity index (χ1) is 13.6. The second kappa shape index (κ2) is 10.3. The third-order valence-electron chi connectivity index (χ3n) is 4.85. The van der Waals surface area contributed by atoms with Gasteiger partial charge in [-0.3, -0.25) is 9.59 Å². The van der Waals surface area contributed by atoms with Crippen molar-refractivity contribution in [2.75, 3.05) is 11.1 Å². The van der Waals surface area contributed by atoms with Gasteiger partial charge in [0.05, 0.1) is 5.75 Å². The number of thioether (sulfide) groups is 1. The Hall–Kier alpha value is -2.35. The maximum Gasteiger partial charge on any atom is 0.251 e. The van der Waals surface area contributed by atoms with Crippen LogP contribution in [-0.2, 0) is 11.8 Å². The van der Waals surface area contributed by atoms with Gasteiger partial charge in [0.25, 0.3) is 5.91 Å². The van der Waals surface area contributed by atoms with Gasteiger partial charge in [0.2, 0.25) is 5.91 Å². The van der Waals surface area contributed by atoms with Gasteiger partial charge in [-0.2, -0.15) is 0 Å². The Kier molecular flexibility index (Phi) is 7.47. The maximum absolute atomic E-state index is 12.6. The lowest BCUT2D eigenvalue weighted by Crippen LogP contribution is -2.35. The highest BCUT2D eigenvalue weighted by molar-refractivity contribution is 7.99. The van der Waals surface area contributed by atoms with Crippen LogP contribution in [0.1, 0.15) is 55.3 Å². The van der Waals surface area contributed by atoms with Gasteiger partial charge in [-0.1, -0.05) is 49.9 Å². The number of aryl methyl sites for hydroxylation is 1. The van der Waals surface area contributed by atoms with E-state index in [1.54, 1.807) is 35.2 Å². The number of nitrogens with zero attached hydrogens (tertiary/aromatic N) is 3. The van der Waals surface area contributed by atoms with E-state index in [4.69, 9.17) is 0 Å². The number of aromatic nitrogens is 3. The molecular formula is C20H27N5O2S. The van der Waals surface area contributed by atoms with Gasteiger partial charge >= 0.3 is 0 Å². The average Bonchev–Trinajstić information content (AvgIpc) is 3.07. The Morgan fingerprint density at radius 2 is 1.93 bits per heavy atom. The van der Waals surface area contributed by atoms with E-state index in [-0.39, 0.29) is 23.6 Å². The van der Waals surface area contributed by atoms with Gasteiger partial charge in [0.15, 0.2) is 5.16 Å². The molecule has 8 heteroatoms. The SMILES string of the molecule is Cn1cnnc1SCC(=O)Nc1cccc(C(=O)NC2CCCCCCC2)c1. The zero-order valence-corrected chi connectivity index (χ0v) is 17.0. The summed E-state index contributed by atoms with van der Waals surface area (Å²) in [6.07, 6.45) is 9.83. The molecule has 2 amide bonds. The Balaban J connectivity index is 1.53. The summed E-state index contributed by atoms with van der Waals surface area (Å²) < 4.78 is 1.76. The molecule has 0 unspecified atom stereocenters. The molecule has 2 aromatic rings. The van der Waals surface area contributed by atoms with Crippen LogP contribution < -0.4 is 10.6 Å². The van der Waals surface area contributed by atoms with Crippen molar-refractivity contribution in [1.82, 2.24) is 20.1 Å². The molecule has 1 aromatic carbocycles. The second-order valence-corrected chi connectivity index (χ2v) is 8.10. The van der Waals surface area contributed by atoms with E-state index in [1.165, 1.54) is 43.9 Å². The molecule has 150 valence electrons. The minimum atomic E-state index is -0.148. The van der Waals surface area contributed by atoms with Crippen LogP contribution in [0.15, 0.2) is 35.7 Å². The molecular weight excluding hydrogens is 374 g/mol. The van der Waals surface area contributed by atoms with Gasteiger partial charge in [-0.15, -0.1) is 10.2 Å². The van der Waals surface area contributed by atoms with E-state index in [1.807, 2.05) is 7.05 Å². The summed E-state index contributed by atoms with van der Waals surface area (Å²) >= 11 is 1.32. The summed E-state index contributed by atoms with van der Waals surface area (Å²) in [5, 5.41) is 14.4. The predicted octanol–water partition coefficient (Wildman–Crippen LogP) is 3.39. The van der Waals surface area contributed by atoms with Crippen LogP contribution in [0, 0.1) is 0 Å². The maximum atomic E-state index is 12.6. The summed E-state index contributed by atoms with van der Waals surface area (Å²) in [4.78, 5) is 24.8. The first-order valence-corrected chi connectivity index (χ1v) is 10.8. The molecule has 0 aliphatic heterocycles. The first kappa shape index (κ1) is 20.4. The second-order valence-electron chi connectivity index (χ2n) is 7.16. The molecule has 1 saturated carbocycles. The summed E-state index contributed by atoms with van der Waals surface area (Å²) in [5.74, 6) is 0.00565. The van der Waals surface area contributed by atoms with Crippen LogP contribution in [0.25, 0.3) is 0 Å². The van der Waals surface area contributed by atoms with Crippen molar-refractivity contribution in [3.63, 3.8) is 0 Å². The molecule has 7 nitrogen and oxygen atoms in total. The minimum Gasteiger partial charge on any atom is -0.349 e. The number of anilines is 1. The summed E-state index contributed by atoms with van der Waals surface area (Å²) in [6, 6.07) is 7.33. The predicted molar refractivity (Wildman–Crippen MR) is 110 cm³/mol. The van der Waals surface area contributed by atoms with E-state index < -0.39 is 0 Å². The van der Waals surface area contributed by atoms with Crippen LogP contribution in [0.3, 0.4) is 0 Å². The van der Waals surface area contributed by atoms with E-state index in [9.17, 15) is 9.59 Å². The van der Waals surface area contributed by atoms with E-state index in [0.717, 1.165) is 12.8 Å². The Labute approximate surface area is 169 Å². The number of rotatable bonds is 6. The highest BCUT2D eigenvalue weighted by atomic mass is 32.2. The smallest absolute Gasteiger partial charge is 0.251 e. The number of benzene rings is 1. The fraction of sp³-hybridized carbons (Fsp3) is 0.500. The van der Waals surface area contributed by atoms with Crippen LogP contribution in [0.5, 0.6) is 0 Å². The van der Waals surface area contributed by atoms with Gasteiger partial charge in [-0.25, -0.2) is 0 Å². The van der Waals surface area contributed by atoms with Crippen molar-refractivity contribution in [1.29, 1.82) is 0 Å². The average molecular weight is 402 g/mol. The van der Waals surface area contributed by atoms with Crippen molar-refractivity contribution in [2.24, 2.45) is 7.05 Å². The van der Waals surface area contributed by atoms with Gasteiger partial charge in [0, 0.05) is 24.3 Å². The topological polar surface area (TPSA) is 88.9 Å². The quantitative estimate of drug-likeness (QED) is 0.724. The Bertz CT molecular complexity index is 799. The molecule has 0 bridgehead atoms. The molecule has 1 aliphatic rings. The number of carbonyl (C=O) groups excluding carboxylic acids is 2. The molecule has 0 atom stereocenters. The van der Waals surface area contributed by atoms with Gasteiger partial charge < -0.3 is 15.2 Å². The molecule has 2 N–H and O–H groups in total. The number of carbonyl (C=O) groups is 2. The van der Waals surface area contributed by atoms with E-state index in [2.05, 4.69) is 20.8 Å². The Morgan fingerprint density at radius 1 is 1.18 bits per heavy atom. The van der Waals surface area contributed by atoms with Crippen molar-refractivity contribution in [2.45, 2.75) is 56.1 Å². The molecule has 28 heavy (non-hydrogen) atoms. The normalized spacial score (nSPS) is 15.5. The summed E-state index contributed by atoms with van der Waals surface area (Å²) in [5.41, 5.74) is 1.19. The lowest BCUT2D eigenvalue weighted by Gasteiger charge is -2.21. The fourth-order valence-corrected chi connectivity index (χ4v) is 4.03. The third kappa shape index (κ3) is 6.09. The highest BCUT2D eigenvalue weighted by Gasteiger charge is 2.16. The van der Waals surface area contributed by atoms with Crippen molar-refractivity contribution in [3.05, 3.63) is 36.2 Å². The van der Waals surface area contributed by atoms with E-state index >= 15 is 0 Å². The van der Waals surface area contributed by atoms with Crippen LogP contribution >= 0.6 is 11.8 Å². The number of nitrogens with one attached hydrogen (secondary N) is 2. The van der Waals surface area contributed by atoms with Crippen LogP contribution in [0.2, 0.25) is 0 Å². The molecule has 0 spiro atoms. The van der Waals surface area contributed by atoms with E-state index in [0.29, 0.717) is 16.4 Å². The summed E-state index contributed by atoms with van der Waals surface area (Å²) in [7, 11) is 1.83. The number of hydrogen-bond donors (Lipinski definition) is 2. The van der Waals surface area contributed by atoms with Crippen LogP contribution in [-0.4, -0.2) is 38.4 Å². The largest absolute Gasteiger partial charge is 0.349 e. The third-order valence-corrected chi connectivity index (χ3v) is 5.89. The molecule has 1 heterocycles. The number of hydrogen-bond acceptors (Lipinski definition) is 5. The molecule has 0 radical (unpaired) electrons. The molecule has 1 aromatic heterocycles. The van der Waals surface area contributed by atoms with Crippen molar-refractivity contribution in [3.8, 4) is 0 Å². The fourth-order valence-electron chi connectivity index (χ4n) is 3.34. The zero-order valence-electron chi connectivity index (χ0n) is 16.2. The Morgan fingerprint density at radius 3 is 2.64 bits per heavy atom. The first-order valence-electron chi connectivity index (χ1n) is 9.79. The van der Waals surface area contributed by atoms with Gasteiger partial charge in [-0.05, 0) is 31.0 Å². The zero-order chi connectivity index (χ0) is 19.8. The number of amides is 2. The molecule has 0 saturated heterocycles. The highest BCUT2D eigenvalue weighted by Crippen LogP contribution is 2.19. The molecule has 1 fully saturated rings. The monoisotopic (exact) mass is 401 g/mol. The van der Waals surface area contributed by atoms with Crippen molar-refractivity contribution >= 4 is 29.3 Å². The minimum absolute atomic E-state index is 0.0740. The molecule has 3 rings (SSSR count). The molecule has 1 aliphatic carbocycles. The standard InChI is InChI=1S/C20H27N5O2S/c1-25-14-21-24-20(25)28-13-18(26)22-17-11-7-8-15(12-17)19(27)23-16-9-5-3-2-4-6-10-16/h7-8,11-12,14,16H,2-6,9-10,13H2,1H3,(H,22,26)(H,23,27). The summed E-state index contributed by atoms with van der Waals surface area (Å²) in [6.45, 7) is 0. The van der Waals surface area contributed by atoms with Crippen LogP contribution in [0.4, 0.5) is 5.69 Å². The van der Waals surface area contributed by atoms with Gasteiger partial charge in [0.1, 0.15) is 6.33 Å².